The molecule has 0 aliphatic carbocycles. The third kappa shape index (κ3) is 3.92. The Morgan fingerprint density at radius 3 is 2.44 bits per heavy atom. The lowest BCUT2D eigenvalue weighted by Crippen LogP contribution is -2.04. The molecule has 0 saturated heterocycles. The van der Waals surface area contributed by atoms with E-state index in [9.17, 15) is 13.2 Å². The molecule has 128 valence electrons. The molecule has 0 amide bonds. The van der Waals surface area contributed by atoms with Crippen LogP contribution in [-0.2, 0) is 0 Å². The molecule has 3 rings (SSSR count). The Hall–Kier alpha value is -2.58. The maximum Gasteiger partial charge on any atom is 0.249 e. The summed E-state index contributed by atoms with van der Waals surface area (Å²) in [5.41, 5.74) is 0.257. The number of nitrogens with zero attached hydrogens (tertiary/aromatic N) is 3. The van der Waals surface area contributed by atoms with Crippen LogP contribution in [0.15, 0.2) is 36.5 Å². The van der Waals surface area contributed by atoms with Gasteiger partial charge < -0.3 is 10.6 Å². The third-order valence-corrected chi connectivity index (χ3v) is 3.77. The Morgan fingerprint density at radius 1 is 0.880 bits per heavy atom. The number of hydrogen-bond donors (Lipinski definition) is 2. The Balaban J connectivity index is 1.82. The number of halogens is 5. The number of nitrogens with one attached hydrogen (secondary N) is 2. The van der Waals surface area contributed by atoms with Gasteiger partial charge in [0.05, 0.1) is 21.9 Å². The molecule has 0 fully saturated rings. The summed E-state index contributed by atoms with van der Waals surface area (Å²) in [6, 6.07) is 6.62. The zero-order chi connectivity index (χ0) is 18.0. The molecular weight excluding hydrogens is 378 g/mol. The fraction of sp³-hybridized carbons (Fsp3) is 0. The van der Waals surface area contributed by atoms with E-state index < -0.39 is 17.5 Å². The van der Waals surface area contributed by atoms with Gasteiger partial charge in [0, 0.05) is 5.69 Å². The predicted octanol–water partition coefficient (Wildman–Crippen LogP) is 5.08. The predicted molar refractivity (Wildman–Crippen MR) is 89.2 cm³/mol. The number of rotatable bonds is 4. The lowest BCUT2D eigenvalue weighted by atomic mass is 10.3. The molecule has 0 bridgehead atoms. The van der Waals surface area contributed by atoms with E-state index in [1.807, 2.05) is 0 Å². The molecule has 1 heterocycles. The van der Waals surface area contributed by atoms with E-state index in [1.54, 1.807) is 18.2 Å². The second-order valence-electron chi connectivity index (χ2n) is 4.77. The highest BCUT2D eigenvalue weighted by atomic mass is 35.5. The van der Waals surface area contributed by atoms with E-state index in [4.69, 9.17) is 23.2 Å². The minimum atomic E-state index is -1.58. The Bertz CT molecular complexity index is 939. The summed E-state index contributed by atoms with van der Waals surface area (Å²) in [5, 5.41) is 13.5. The molecule has 10 heteroatoms. The first-order valence-electron chi connectivity index (χ1n) is 6.76. The van der Waals surface area contributed by atoms with Crippen molar-refractivity contribution in [2.75, 3.05) is 10.6 Å². The first-order valence-corrected chi connectivity index (χ1v) is 7.52. The summed E-state index contributed by atoms with van der Waals surface area (Å²) < 4.78 is 39.9. The normalized spacial score (nSPS) is 10.6. The Labute approximate surface area is 149 Å². The van der Waals surface area contributed by atoms with Gasteiger partial charge in [0.2, 0.25) is 5.95 Å². The lowest BCUT2D eigenvalue weighted by molar-refractivity contribution is 0.449. The van der Waals surface area contributed by atoms with E-state index in [1.165, 1.54) is 6.20 Å². The van der Waals surface area contributed by atoms with Gasteiger partial charge in [-0.3, -0.25) is 0 Å². The van der Waals surface area contributed by atoms with Crippen LogP contribution >= 0.6 is 23.2 Å². The van der Waals surface area contributed by atoms with Gasteiger partial charge in [-0.05, 0) is 30.3 Å². The fourth-order valence-corrected chi connectivity index (χ4v) is 2.18. The summed E-state index contributed by atoms with van der Waals surface area (Å²) in [7, 11) is 0. The van der Waals surface area contributed by atoms with Crippen molar-refractivity contribution in [1.82, 2.24) is 15.2 Å². The van der Waals surface area contributed by atoms with E-state index in [2.05, 4.69) is 25.8 Å². The van der Waals surface area contributed by atoms with Gasteiger partial charge in [-0.15, -0.1) is 5.10 Å². The van der Waals surface area contributed by atoms with Crippen molar-refractivity contribution in [3.63, 3.8) is 0 Å². The number of aromatic nitrogens is 3. The van der Waals surface area contributed by atoms with Crippen molar-refractivity contribution in [3.8, 4) is 0 Å². The second kappa shape index (κ2) is 7.12. The quantitative estimate of drug-likeness (QED) is 0.612. The standard InChI is InChI=1S/C15H8Cl2F3N5/c16-8-2-1-7(5-9(8)17)22-15-24-12(6-21-25-15)23-11-4-3-10(18)13(19)14(11)20/h1-6H,(H2,22,23,24,25). The molecule has 2 N–H and O–H groups in total. The largest absolute Gasteiger partial charge is 0.336 e. The Morgan fingerprint density at radius 2 is 1.68 bits per heavy atom. The third-order valence-electron chi connectivity index (χ3n) is 3.03. The number of benzene rings is 2. The molecule has 5 nitrogen and oxygen atoms in total. The van der Waals surface area contributed by atoms with Crippen LogP contribution in [0, 0.1) is 17.5 Å². The van der Waals surface area contributed by atoms with Crippen molar-refractivity contribution in [3.05, 3.63) is 64.0 Å². The van der Waals surface area contributed by atoms with Gasteiger partial charge in [0.25, 0.3) is 0 Å². The van der Waals surface area contributed by atoms with Crippen LogP contribution in [0.1, 0.15) is 0 Å². The Kier molecular flexibility index (Phi) is 4.91. The van der Waals surface area contributed by atoms with Crippen LogP contribution in [0.3, 0.4) is 0 Å². The smallest absolute Gasteiger partial charge is 0.249 e. The van der Waals surface area contributed by atoms with Gasteiger partial charge in [-0.2, -0.15) is 10.1 Å². The van der Waals surface area contributed by atoms with Gasteiger partial charge in [0.1, 0.15) is 0 Å². The van der Waals surface area contributed by atoms with Crippen LogP contribution in [-0.4, -0.2) is 15.2 Å². The molecule has 0 spiro atoms. The van der Waals surface area contributed by atoms with Crippen molar-refractivity contribution in [2.24, 2.45) is 0 Å². The topological polar surface area (TPSA) is 62.7 Å². The zero-order valence-corrected chi connectivity index (χ0v) is 13.7. The average Bonchev–Trinajstić information content (AvgIpc) is 2.59. The average molecular weight is 386 g/mol. The van der Waals surface area contributed by atoms with Crippen LogP contribution in [0.25, 0.3) is 0 Å². The van der Waals surface area contributed by atoms with E-state index >= 15 is 0 Å². The molecule has 2 aromatic carbocycles. The van der Waals surface area contributed by atoms with Gasteiger partial charge >= 0.3 is 0 Å². The van der Waals surface area contributed by atoms with E-state index in [0.29, 0.717) is 15.7 Å². The van der Waals surface area contributed by atoms with Gasteiger partial charge in [-0.25, -0.2) is 13.2 Å². The molecular formula is C15H8Cl2F3N5. The van der Waals surface area contributed by atoms with Crippen molar-refractivity contribution in [1.29, 1.82) is 0 Å². The van der Waals surface area contributed by atoms with Crippen LogP contribution in [0.2, 0.25) is 10.0 Å². The highest BCUT2D eigenvalue weighted by molar-refractivity contribution is 6.42. The lowest BCUT2D eigenvalue weighted by Gasteiger charge is -2.09. The minimum Gasteiger partial charge on any atom is -0.336 e. The summed E-state index contributed by atoms with van der Waals surface area (Å²) in [6.07, 6.45) is 1.20. The molecule has 3 aromatic rings. The van der Waals surface area contributed by atoms with Gasteiger partial charge in [-0.1, -0.05) is 23.2 Å². The molecule has 0 aliphatic heterocycles. The maximum absolute atomic E-state index is 13.7. The maximum atomic E-state index is 13.7. The molecule has 0 radical (unpaired) electrons. The molecule has 1 aromatic heterocycles. The summed E-state index contributed by atoms with van der Waals surface area (Å²) in [5.74, 6) is -4.08. The highest BCUT2D eigenvalue weighted by Gasteiger charge is 2.14. The fourth-order valence-electron chi connectivity index (χ4n) is 1.88. The zero-order valence-electron chi connectivity index (χ0n) is 12.2. The van der Waals surface area contributed by atoms with Crippen LogP contribution in [0.4, 0.5) is 36.3 Å². The molecule has 0 atom stereocenters. The van der Waals surface area contributed by atoms with E-state index in [0.717, 1.165) is 12.1 Å². The molecule has 0 aliphatic rings. The van der Waals surface area contributed by atoms with Crippen molar-refractivity contribution in [2.45, 2.75) is 0 Å². The number of anilines is 4. The van der Waals surface area contributed by atoms with Crippen LogP contribution in [0.5, 0.6) is 0 Å². The minimum absolute atomic E-state index is 0.0717. The van der Waals surface area contributed by atoms with E-state index in [-0.39, 0.29) is 17.5 Å². The van der Waals surface area contributed by atoms with Gasteiger partial charge in [0.15, 0.2) is 23.3 Å². The molecule has 0 saturated carbocycles. The molecule has 25 heavy (non-hydrogen) atoms. The first kappa shape index (κ1) is 17.2. The summed E-state index contributed by atoms with van der Waals surface area (Å²) >= 11 is 11.7. The first-order chi connectivity index (χ1) is 11.9. The van der Waals surface area contributed by atoms with Crippen molar-refractivity contribution < 1.29 is 13.2 Å². The summed E-state index contributed by atoms with van der Waals surface area (Å²) in [4.78, 5) is 4.05. The number of hydrogen-bond acceptors (Lipinski definition) is 5. The second-order valence-corrected chi connectivity index (χ2v) is 5.58. The molecule has 0 unspecified atom stereocenters. The van der Waals surface area contributed by atoms with Crippen molar-refractivity contribution >= 4 is 46.3 Å². The SMILES string of the molecule is Fc1ccc(Nc2cnnc(Nc3ccc(Cl)c(Cl)c3)n2)c(F)c1F. The highest BCUT2D eigenvalue weighted by Crippen LogP contribution is 2.27. The van der Waals surface area contributed by atoms with Crippen LogP contribution < -0.4 is 10.6 Å². The monoisotopic (exact) mass is 385 g/mol. The summed E-state index contributed by atoms with van der Waals surface area (Å²) in [6.45, 7) is 0.